The van der Waals surface area contributed by atoms with Crippen molar-refractivity contribution >= 4 is 18.3 Å². The Bertz CT molecular complexity index is 1000. The number of rotatable bonds is 5. The molecule has 38 heavy (non-hydrogen) atoms. The highest BCUT2D eigenvalue weighted by atomic mass is 16.1. The van der Waals surface area contributed by atoms with Crippen LogP contribution in [0, 0.1) is 0 Å². The van der Waals surface area contributed by atoms with E-state index in [9.17, 15) is 9.59 Å². The molecule has 0 radical (unpaired) electrons. The van der Waals surface area contributed by atoms with E-state index in [1.54, 1.807) is 6.20 Å². The smallest absolute Gasteiger partial charge is 0.150 e. The van der Waals surface area contributed by atoms with Gasteiger partial charge in [-0.1, -0.05) is 52.2 Å². The van der Waals surface area contributed by atoms with Gasteiger partial charge >= 0.3 is 0 Å². The Morgan fingerprint density at radius 3 is 2.24 bits per heavy atom. The van der Waals surface area contributed by atoms with Crippen LogP contribution in [0.2, 0.25) is 0 Å². The molecule has 3 aliphatic rings. The summed E-state index contributed by atoms with van der Waals surface area (Å²) in [6.07, 6.45) is 16.7. The summed E-state index contributed by atoms with van der Waals surface area (Å²) in [5.41, 5.74) is 4.14. The third-order valence-electron chi connectivity index (χ3n) is 8.34. The Morgan fingerprint density at radius 2 is 1.74 bits per heavy atom. The highest BCUT2D eigenvalue weighted by Crippen LogP contribution is 2.41. The molecule has 208 valence electrons. The molecule has 2 unspecified atom stereocenters. The fraction of sp³-hybridized carbons (Fsp3) is 0.594. The van der Waals surface area contributed by atoms with Crippen LogP contribution in [0.4, 0.5) is 5.69 Å². The Balaban J connectivity index is 0.000000216. The van der Waals surface area contributed by atoms with E-state index in [1.165, 1.54) is 43.2 Å². The van der Waals surface area contributed by atoms with Gasteiger partial charge in [0.05, 0.1) is 6.04 Å². The molecule has 2 atom stereocenters. The summed E-state index contributed by atoms with van der Waals surface area (Å²) >= 11 is 0. The molecule has 2 fully saturated rings. The van der Waals surface area contributed by atoms with Gasteiger partial charge < -0.3 is 25.1 Å². The summed E-state index contributed by atoms with van der Waals surface area (Å²) in [6, 6.07) is 11.6. The van der Waals surface area contributed by atoms with Gasteiger partial charge in [0.25, 0.3) is 0 Å². The van der Waals surface area contributed by atoms with Crippen LogP contribution in [-0.2, 0) is 27.0 Å². The number of nitrogens with zero attached hydrogens (tertiary/aromatic N) is 2. The van der Waals surface area contributed by atoms with E-state index in [0.717, 1.165) is 62.1 Å². The molecule has 2 heterocycles. The maximum atomic E-state index is 12.1. The van der Waals surface area contributed by atoms with Gasteiger partial charge in [-0.2, -0.15) is 0 Å². The lowest BCUT2D eigenvalue weighted by Gasteiger charge is -2.37. The van der Waals surface area contributed by atoms with Crippen LogP contribution >= 0.6 is 0 Å². The molecule has 2 N–H and O–H groups in total. The summed E-state index contributed by atoms with van der Waals surface area (Å²) in [4.78, 5) is 28.3. The first-order chi connectivity index (χ1) is 18.2. The highest BCUT2D eigenvalue weighted by Gasteiger charge is 2.42. The second-order valence-corrected chi connectivity index (χ2v) is 11.9. The van der Waals surface area contributed by atoms with Gasteiger partial charge in [0.15, 0.2) is 0 Å². The first-order valence-corrected chi connectivity index (χ1v) is 14.3. The summed E-state index contributed by atoms with van der Waals surface area (Å²) in [5, 5.41) is 6.34. The van der Waals surface area contributed by atoms with Crippen molar-refractivity contribution in [1.82, 2.24) is 15.6 Å². The summed E-state index contributed by atoms with van der Waals surface area (Å²) in [6.45, 7) is 7.63. The maximum Gasteiger partial charge on any atom is 0.150 e. The van der Waals surface area contributed by atoms with Crippen molar-refractivity contribution in [3.05, 3.63) is 59.4 Å². The minimum atomic E-state index is -0.604. The predicted molar refractivity (Wildman–Crippen MR) is 157 cm³/mol. The van der Waals surface area contributed by atoms with Crippen molar-refractivity contribution in [2.24, 2.45) is 0 Å². The molecule has 0 bridgehead atoms. The average Bonchev–Trinajstić information content (AvgIpc) is 3.62. The predicted octanol–water partition coefficient (Wildman–Crippen LogP) is 5.33. The molecular weight excluding hydrogens is 472 g/mol. The number of carbonyl (C=O) groups is 2. The molecule has 5 rings (SSSR count). The molecule has 0 spiro atoms. The molecular formula is C32H48N4O2. The van der Waals surface area contributed by atoms with Gasteiger partial charge in [-0.3, -0.25) is 4.98 Å². The number of carbonyl (C=O) groups excluding carboxylic acids is 2. The quantitative estimate of drug-likeness (QED) is 0.519. The van der Waals surface area contributed by atoms with E-state index >= 15 is 0 Å². The van der Waals surface area contributed by atoms with Crippen molar-refractivity contribution < 1.29 is 9.59 Å². The van der Waals surface area contributed by atoms with Crippen molar-refractivity contribution in [2.75, 3.05) is 25.5 Å². The fourth-order valence-electron chi connectivity index (χ4n) is 5.68. The van der Waals surface area contributed by atoms with Gasteiger partial charge in [0.1, 0.15) is 18.1 Å². The van der Waals surface area contributed by atoms with Crippen LogP contribution in [0.15, 0.2) is 42.7 Å². The number of nitrogens with one attached hydrogen (secondary N) is 2. The van der Waals surface area contributed by atoms with Gasteiger partial charge in [0, 0.05) is 36.7 Å². The molecule has 1 saturated carbocycles. The number of benzene rings is 1. The zero-order valence-corrected chi connectivity index (χ0v) is 24.1. The second-order valence-electron chi connectivity index (χ2n) is 11.9. The van der Waals surface area contributed by atoms with E-state index in [0.29, 0.717) is 0 Å². The lowest BCUT2D eigenvalue weighted by atomic mass is 9.86. The summed E-state index contributed by atoms with van der Waals surface area (Å²) < 4.78 is 0. The van der Waals surface area contributed by atoms with Gasteiger partial charge in [-0.25, -0.2) is 0 Å². The Morgan fingerprint density at radius 1 is 1.03 bits per heavy atom. The number of hydrogen-bond donors (Lipinski definition) is 2. The van der Waals surface area contributed by atoms with E-state index in [-0.39, 0.29) is 11.5 Å². The summed E-state index contributed by atoms with van der Waals surface area (Å²) in [7, 11) is 4.07. The van der Waals surface area contributed by atoms with Crippen LogP contribution in [0.25, 0.3) is 0 Å². The van der Waals surface area contributed by atoms with Crippen molar-refractivity contribution in [3.63, 3.8) is 0 Å². The van der Waals surface area contributed by atoms with Crippen LogP contribution in [0.5, 0.6) is 0 Å². The Hall–Kier alpha value is -2.57. The van der Waals surface area contributed by atoms with E-state index in [1.807, 2.05) is 19.3 Å². The topological polar surface area (TPSA) is 74.3 Å². The third kappa shape index (κ3) is 7.51. The van der Waals surface area contributed by atoms with Crippen molar-refractivity contribution in [3.8, 4) is 0 Å². The van der Waals surface area contributed by atoms with E-state index in [4.69, 9.17) is 0 Å². The molecule has 2 aromatic rings. The summed E-state index contributed by atoms with van der Waals surface area (Å²) in [5.74, 6) is 0. The molecule has 1 aromatic heterocycles. The van der Waals surface area contributed by atoms with Gasteiger partial charge in [-0.05, 0) is 86.9 Å². The third-order valence-corrected chi connectivity index (χ3v) is 8.34. The number of aldehydes is 2. The zero-order chi connectivity index (χ0) is 27.6. The first kappa shape index (κ1) is 30.0. The number of fused-ring (bicyclic) bond motifs is 1. The van der Waals surface area contributed by atoms with Crippen LogP contribution < -0.4 is 15.5 Å². The molecule has 0 amide bonds. The normalized spacial score (nSPS) is 22.8. The molecule has 2 aliphatic carbocycles. The van der Waals surface area contributed by atoms with E-state index in [2.05, 4.69) is 72.6 Å². The number of aromatic nitrogens is 1. The van der Waals surface area contributed by atoms with Crippen molar-refractivity contribution in [2.45, 2.75) is 102 Å². The van der Waals surface area contributed by atoms with Crippen molar-refractivity contribution in [1.29, 1.82) is 0 Å². The monoisotopic (exact) mass is 520 g/mol. The number of likely N-dealkylation sites (N-methyl/N-ethyl adjacent to an activating group) is 1. The Kier molecular flexibility index (Phi) is 11.0. The second kappa shape index (κ2) is 14.0. The first-order valence-electron chi connectivity index (χ1n) is 14.3. The van der Waals surface area contributed by atoms with Crippen LogP contribution in [0.3, 0.4) is 0 Å². The number of pyridine rings is 1. The molecule has 1 saturated heterocycles. The average molecular weight is 521 g/mol. The number of hydrogen-bond acceptors (Lipinski definition) is 6. The SMILES string of the molecule is CN(c1ccc(C(C)(C)C)cc1)C1(C=O)CCc2ccncc21.CNC1CCCCC1.O=CC1CCCN1. The van der Waals surface area contributed by atoms with E-state index < -0.39 is 5.54 Å². The zero-order valence-electron chi connectivity index (χ0n) is 24.1. The lowest BCUT2D eigenvalue weighted by molar-refractivity contribution is -0.112. The molecule has 6 heteroatoms. The molecule has 1 aromatic carbocycles. The Labute approximate surface area is 230 Å². The molecule has 6 nitrogen and oxygen atoms in total. The van der Waals surface area contributed by atoms with Crippen LogP contribution in [-0.4, -0.2) is 50.3 Å². The van der Waals surface area contributed by atoms with Gasteiger partial charge in [-0.15, -0.1) is 0 Å². The number of aryl methyl sites for hydroxylation is 1. The lowest BCUT2D eigenvalue weighted by Crippen LogP contribution is -2.44. The standard InChI is InChI=1S/C20H24N2O.C7H15N.C5H9NO/c1-19(2,3)16-5-7-17(8-6-16)22(4)20(14-23)11-9-15-10-12-21-13-18(15)20;1-8-7-5-3-2-4-6-7;7-4-5-2-1-3-6-5/h5-8,10,12-14H,9,11H2,1-4H3;7-8H,2-6H2,1H3;4-6H,1-3H2. The fourth-order valence-corrected chi connectivity index (χ4v) is 5.68. The minimum Gasteiger partial charge on any atom is -0.358 e. The highest BCUT2D eigenvalue weighted by molar-refractivity contribution is 5.77. The maximum absolute atomic E-state index is 12.1. The van der Waals surface area contributed by atoms with Crippen LogP contribution in [0.1, 0.15) is 88.8 Å². The number of anilines is 1. The van der Waals surface area contributed by atoms with Gasteiger partial charge in [0.2, 0.25) is 0 Å². The molecule has 1 aliphatic heterocycles. The minimum absolute atomic E-state index is 0.128. The largest absolute Gasteiger partial charge is 0.358 e.